The van der Waals surface area contributed by atoms with Crippen LogP contribution in [0.25, 0.3) is 0 Å². The van der Waals surface area contributed by atoms with Crippen LogP contribution in [0.5, 0.6) is 5.75 Å². The molecule has 0 unspecified atom stereocenters. The van der Waals surface area contributed by atoms with Crippen LogP contribution in [0.2, 0.25) is 0 Å². The van der Waals surface area contributed by atoms with Crippen LogP contribution < -0.4 is 10.1 Å². The largest absolute Gasteiger partial charge is 0.479 e. The Hall–Kier alpha value is -1.71. The molecule has 30 heavy (non-hydrogen) atoms. The van der Waals surface area contributed by atoms with E-state index in [0.29, 0.717) is 17.9 Å². The van der Waals surface area contributed by atoms with Gasteiger partial charge in [-0.2, -0.15) is 0 Å². The molecular formula is C22H29NO7. The zero-order valence-electron chi connectivity index (χ0n) is 19.5. The Balaban J connectivity index is 1.58. The van der Waals surface area contributed by atoms with E-state index in [0.717, 1.165) is 44.2 Å². The Bertz CT molecular complexity index is 974. The number of aliphatic carboxylic acids is 1. The van der Waals surface area contributed by atoms with E-state index < -0.39 is 36.7 Å². The van der Waals surface area contributed by atoms with E-state index in [-0.39, 0.29) is 35.3 Å². The lowest BCUT2D eigenvalue weighted by atomic mass is 9.53. The summed E-state index contributed by atoms with van der Waals surface area (Å²) >= 11 is 0. The maximum Gasteiger partial charge on any atom is 0.335 e. The molecule has 2 heterocycles. The number of benzene rings is 1. The Morgan fingerprint density at radius 2 is 2.03 bits per heavy atom. The fourth-order valence-electron chi connectivity index (χ4n) is 5.97. The molecule has 8 nitrogen and oxygen atoms in total. The third-order valence-corrected chi connectivity index (χ3v) is 7.40. The average Bonchev–Trinajstić information content (AvgIpc) is 2.79. The third kappa shape index (κ3) is 3.05. The molecule has 0 radical (unpaired) electrons. The van der Waals surface area contributed by atoms with Gasteiger partial charge < -0.3 is 35.2 Å². The fraction of sp³-hybridized carbons (Fsp3) is 0.682. The summed E-state index contributed by atoms with van der Waals surface area (Å²) in [7, 11) is 0. The molecule has 0 aromatic heterocycles. The van der Waals surface area contributed by atoms with E-state index in [9.17, 15) is 25.2 Å². The number of rotatable bonds is 3. The highest BCUT2D eigenvalue weighted by molar-refractivity contribution is 5.73. The Morgan fingerprint density at radius 3 is 2.83 bits per heavy atom. The van der Waals surface area contributed by atoms with Crippen LogP contribution in [-0.2, 0) is 21.4 Å². The molecule has 2 aliphatic heterocycles. The molecule has 1 aromatic carbocycles. The van der Waals surface area contributed by atoms with Gasteiger partial charge in [-0.25, -0.2) is 4.79 Å². The quantitative estimate of drug-likeness (QED) is 0.471. The monoisotopic (exact) mass is 422 g/mol. The number of hydrogen-bond acceptors (Lipinski definition) is 7. The fourth-order valence-corrected chi connectivity index (χ4v) is 5.97. The first-order chi connectivity index (χ1) is 15.7. The summed E-state index contributed by atoms with van der Waals surface area (Å²) in [6, 6.07) is -0.223. The molecule has 1 aromatic rings. The Labute approximate surface area is 179 Å². The minimum absolute atomic E-state index is 0.0402. The van der Waals surface area contributed by atoms with Crippen molar-refractivity contribution in [2.45, 2.75) is 80.7 Å². The minimum atomic E-state index is -1.87. The van der Waals surface area contributed by atoms with Gasteiger partial charge in [-0.1, -0.05) is 18.9 Å². The number of aliphatic hydroxyl groups excluding tert-OH is 3. The van der Waals surface area contributed by atoms with E-state index in [1.165, 1.54) is 0 Å². The van der Waals surface area contributed by atoms with Crippen LogP contribution in [-0.4, -0.2) is 69.7 Å². The molecule has 2 aliphatic carbocycles. The normalized spacial score (nSPS) is 44.1. The zero-order chi connectivity index (χ0) is 23.7. The number of hydrogen-bond donors (Lipinski definition) is 5. The molecule has 1 saturated carbocycles. The SMILES string of the molecule is [2H]c1c([2H])c(O[C@@H]2O[C@H](C(=O)O)[C@@H](O)[C@H](O)[C@H]2O)c([2H])c2c1C[C@@H]1NCC[C@]23CCCC[C@H]13. The molecule has 4 aliphatic rings. The zero-order valence-corrected chi connectivity index (χ0v) is 16.5. The van der Waals surface area contributed by atoms with Gasteiger partial charge in [-0.15, -0.1) is 0 Å². The van der Waals surface area contributed by atoms with Crippen molar-refractivity contribution in [2.75, 3.05) is 6.54 Å². The highest BCUT2D eigenvalue weighted by Gasteiger charge is 2.52. The summed E-state index contributed by atoms with van der Waals surface area (Å²) in [5.74, 6) is -1.49. The predicted molar refractivity (Wildman–Crippen MR) is 105 cm³/mol. The lowest BCUT2D eigenvalue weighted by Gasteiger charge is -2.56. The number of aliphatic hydroxyl groups is 3. The van der Waals surface area contributed by atoms with Gasteiger partial charge in [-0.05, 0) is 61.4 Å². The molecular weight excluding hydrogens is 390 g/mol. The van der Waals surface area contributed by atoms with Crippen molar-refractivity contribution in [2.24, 2.45) is 5.92 Å². The van der Waals surface area contributed by atoms with Crippen LogP contribution in [0.15, 0.2) is 18.1 Å². The van der Waals surface area contributed by atoms with Crippen molar-refractivity contribution in [3.05, 3.63) is 29.3 Å². The van der Waals surface area contributed by atoms with Crippen LogP contribution in [0.4, 0.5) is 0 Å². The molecule has 5 N–H and O–H groups in total. The lowest BCUT2D eigenvalue weighted by Crippen LogP contribution is -2.61. The van der Waals surface area contributed by atoms with Gasteiger partial charge >= 0.3 is 5.97 Å². The molecule has 3 fully saturated rings. The number of carbonyl (C=O) groups is 1. The van der Waals surface area contributed by atoms with Gasteiger partial charge in [0.2, 0.25) is 6.29 Å². The van der Waals surface area contributed by atoms with Crippen molar-refractivity contribution in [3.8, 4) is 5.75 Å². The molecule has 8 heteroatoms. The van der Waals surface area contributed by atoms with Crippen LogP contribution in [0, 0.1) is 5.92 Å². The number of piperidine rings is 1. The topological polar surface area (TPSA) is 128 Å². The van der Waals surface area contributed by atoms with E-state index in [1.807, 2.05) is 0 Å². The number of carboxylic acids is 1. The summed E-state index contributed by atoms with van der Waals surface area (Å²) in [4.78, 5) is 11.4. The van der Waals surface area contributed by atoms with Crippen molar-refractivity contribution in [1.82, 2.24) is 5.32 Å². The second-order valence-corrected chi connectivity index (χ2v) is 8.93. The summed E-state index contributed by atoms with van der Waals surface area (Å²) in [6.45, 7) is 0.807. The van der Waals surface area contributed by atoms with Gasteiger partial charge in [0, 0.05) is 11.5 Å². The van der Waals surface area contributed by atoms with Crippen LogP contribution in [0.1, 0.15) is 47.3 Å². The van der Waals surface area contributed by atoms with Gasteiger partial charge in [0.15, 0.2) is 6.10 Å². The van der Waals surface area contributed by atoms with Crippen molar-refractivity contribution in [1.29, 1.82) is 0 Å². The van der Waals surface area contributed by atoms with E-state index in [2.05, 4.69) is 5.32 Å². The first-order valence-electron chi connectivity index (χ1n) is 12.1. The summed E-state index contributed by atoms with van der Waals surface area (Å²) in [6.07, 6.45) is -3.68. The first-order valence-corrected chi connectivity index (χ1v) is 10.6. The van der Waals surface area contributed by atoms with Crippen LogP contribution >= 0.6 is 0 Å². The maximum atomic E-state index is 11.4. The van der Waals surface area contributed by atoms with Gasteiger partial charge in [-0.3, -0.25) is 0 Å². The molecule has 8 atom stereocenters. The summed E-state index contributed by atoms with van der Waals surface area (Å²) in [5, 5.41) is 43.2. The molecule has 164 valence electrons. The number of nitrogens with one attached hydrogen (secondary N) is 1. The van der Waals surface area contributed by atoms with Gasteiger partial charge in [0.1, 0.15) is 24.1 Å². The van der Waals surface area contributed by atoms with Crippen molar-refractivity contribution >= 4 is 5.97 Å². The highest BCUT2D eigenvalue weighted by atomic mass is 16.7. The Kier molecular flexibility index (Phi) is 4.21. The predicted octanol–water partition coefficient (Wildman–Crippen LogP) is 0.304. The third-order valence-electron chi connectivity index (χ3n) is 7.40. The van der Waals surface area contributed by atoms with Crippen molar-refractivity contribution in [3.63, 3.8) is 0 Å². The molecule has 0 spiro atoms. The van der Waals surface area contributed by atoms with Gasteiger partial charge in [0.25, 0.3) is 0 Å². The second kappa shape index (κ2) is 7.46. The maximum absolute atomic E-state index is 11.4. The number of carboxylic acid groups (broad SMARTS) is 1. The minimum Gasteiger partial charge on any atom is -0.479 e. The van der Waals surface area contributed by atoms with Crippen molar-refractivity contribution < 1.29 is 38.8 Å². The Morgan fingerprint density at radius 1 is 1.20 bits per heavy atom. The van der Waals surface area contributed by atoms with Crippen LogP contribution in [0.3, 0.4) is 0 Å². The smallest absolute Gasteiger partial charge is 0.335 e. The van der Waals surface area contributed by atoms with E-state index in [4.69, 9.17) is 13.6 Å². The standard InChI is InChI=1S/C22H29NO7/c24-16-17(25)19(20(27)28)30-21(18(16)26)29-12-5-4-11-9-15-13-3-1-2-6-22(13,7-8-23-15)14(11)10-12/h4-5,10,13,15-19,21,23-26H,1-3,6-9H2,(H,27,28)/t13-,15+,16+,17+,18-,19+,21-,22+/m1/s1/i4D,5D,10D. The molecule has 5 rings (SSSR count). The highest BCUT2D eigenvalue weighted by Crippen LogP contribution is 2.54. The second-order valence-electron chi connectivity index (χ2n) is 8.93. The summed E-state index contributed by atoms with van der Waals surface area (Å²) < 4.78 is 37.1. The molecule has 2 saturated heterocycles. The number of ether oxygens (including phenoxy) is 2. The van der Waals surface area contributed by atoms with E-state index in [1.54, 1.807) is 0 Å². The summed E-state index contributed by atoms with van der Waals surface area (Å²) in [5.41, 5.74) is 1.12. The van der Waals surface area contributed by atoms with E-state index >= 15 is 0 Å². The lowest BCUT2D eigenvalue weighted by molar-refractivity contribution is -0.271. The molecule has 2 bridgehead atoms. The number of fused-ring (bicyclic) bond motifs is 1. The van der Waals surface area contributed by atoms with Gasteiger partial charge in [0.05, 0.1) is 4.11 Å². The first kappa shape index (κ1) is 16.9. The molecule has 0 amide bonds. The average molecular weight is 422 g/mol.